The summed E-state index contributed by atoms with van der Waals surface area (Å²) >= 11 is 7.74. The van der Waals surface area contributed by atoms with Crippen molar-refractivity contribution in [3.05, 3.63) is 16.2 Å². The van der Waals surface area contributed by atoms with Crippen LogP contribution in [0.5, 0.6) is 0 Å². The predicted molar refractivity (Wildman–Crippen MR) is 83.8 cm³/mol. The largest absolute Gasteiger partial charge is 0.365 e. The number of nitrogens with zero attached hydrogens (tertiary/aromatic N) is 3. The summed E-state index contributed by atoms with van der Waals surface area (Å²) < 4.78 is 0. The van der Waals surface area contributed by atoms with Gasteiger partial charge in [0.1, 0.15) is 10.6 Å². The standard InChI is InChI=1S/C14H17ClN4S/c1-8-7-9-12(17-14(15)18-13(9)20-8)16-10-4-6-19-5-2-3-11(10)19/h7,10-11H,2-6H2,1H3,(H,16,17,18). The number of aromatic nitrogens is 2. The van der Waals surface area contributed by atoms with Crippen LogP contribution in [0.4, 0.5) is 5.82 Å². The van der Waals surface area contributed by atoms with Crippen molar-refractivity contribution >= 4 is 39.0 Å². The van der Waals surface area contributed by atoms with Crippen molar-refractivity contribution in [1.29, 1.82) is 0 Å². The maximum Gasteiger partial charge on any atom is 0.225 e. The van der Waals surface area contributed by atoms with Crippen LogP contribution in [0.1, 0.15) is 24.1 Å². The van der Waals surface area contributed by atoms with Crippen LogP contribution in [0.3, 0.4) is 0 Å². The summed E-state index contributed by atoms with van der Waals surface area (Å²) in [4.78, 5) is 13.6. The van der Waals surface area contributed by atoms with Gasteiger partial charge in [0, 0.05) is 23.5 Å². The van der Waals surface area contributed by atoms with Crippen molar-refractivity contribution < 1.29 is 0 Å². The van der Waals surface area contributed by atoms with E-state index in [2.05, 4.69) is 33.2 Å². The molecule has 2 saturated heterocycles. The third-order valence-electron chi connectivity index (χ3n) is 4.42. The second-order valence-electron chi connectivity index (χ2n) is 5.70. The lowest BCUT2D eigenvalue weighted by Crippen LogP contribution is -2.34. The molecule has 2 fully saturated rings. The Balaban J connectivity index is 1.68. The van der Waals surface area contributed by atoms with Gasteiger partial charge in [-0.3, -0.25) is 4.90 Å². The van der Waals surface area contributed by atoms with Gasteiger partial charge in [0.05, 0.1) is 5.39 Å². The average molecular weight is 309 g/mol. The van der Waals surface area contributed by atoms with Gasteiger partial charge in [-0.1, -0.05) is 0 Å². The van der Waals surface area contributed by atoms with Crippen LogP contribution < -0.4 is 5.32 Å². The number of thiophene rings is 1. The van der Waals surface area contributed by atoms with Crippen LogP contribution in [-0.2, 0) is 0 Å². The second-order valence-corrected chi connectivity index (χ2v) is 7.28. The molecule has 20 heavy (non-hydrogen) atoms. The number of hydrogen-bond acceptors (Lipinski definition) is 5. The average Bonchev–Trinajstić information content (AvgIpc) is 3.05. The molecule has 6 heteroatoms. The van der Waals surface area contributed by atoms with Crippen LogP contribution in [0.2, 0.25) is 5.28 Å². The van der Waals surface area contributed by atoms with Crippen molar-refractivity contribution in [1.82, 2.24) is 14.9 Å². The number of aryl methyl sites for hydroxylation is 1. The van der Waals surface area contributed by atoms with Gasteiger partial charge in [0.15, 0.2) is 0 Å². The smallest absolute Gasteiger partial charge is 0.225 e. The van der Waals surface area contributed by atoms with E-state index in [1.807, 2.05) is 0 Å². The summed E-state index contributed by atoms with van der Waals surface area (Å²) in [6.07, 6.45) is 3.81. The number of fused-ring (bicyclic) bond motifs is 2. The molecule has 0 amide bonds. The monoisotopic (exact) mass is 308 g/mol. The predicted octanol–water partition coefficient (Wildman–Crippen LogP) is 3.30. The number of hydrogen-bond donors (Lipinski definition) is 1. The number of halogens is 1. The SMILES string of the molecule is Cc1cc2c(NC3CCN4CCCC34)nc(Cl)nc2s1. The molecule has 0 saturated carbocycles. The minimum absolute atomic E-state index is 0.336. The summed E-state index contributed by atoms with van der Waals surface area (Å²) in [7, 11) is 0. The third kappa shape index (κ3) is 2.08. The Labute approximate surface area is 127 Å². The Morgan fingerprint density at radius 2 is 2.25 bits per heavy atom. The first-order chi connectivity index (χ1) is 9.70. The van der Waals surface area contributed by atoms with Crippen LogP contribution in [-0.4, -0.2) is 40.0 Å². The molecule has 1 N–H and O–H groups in total. The molecule has 0 bridgehead atoms. The summed E-state index contributed by atoms with van der Waals surface area (Å²) in [6, 6.07) is 3.31. The molecule has 0 spiro atoms. The van der Waals surface area contributed by atoms with Crippen molar-refractivity contribution in [2.45, 2.75) is 38.3 Å². The van der Waals surface area contributed by atoms with E-state index in [1.54, 1.807) is 11.3 Å². The molecule has 4 heterocycles. The maximum absolute atomic E-state index is 6.06. The quantitative estimate of drug-likeness (QED) is 0.864. The van der Waals surface area contributed by atoms with Crippen LogP contribution in [0, 0.1) is 6.92 Å². The van der Waals surface area contributed by atoms with Gasteiger partial charge in [0.25, 0.3) is 0 Å². The maximum atomic E-state index is 6.06. The number of anilines is 1. The minimum Gasteiger partial charge on any atom is -0.365 e. The molecular formula is C14H17ClN4S. The molecule has 2 aromatic rings. The molecular weight excluding hydrogens is 292 g/mol. The van der Waals surface area contributed by atoms with E-state index < -0.39 is 0 Å². The second kappa shape index (κ2) is 4.83. The highest BCUT2D eigenvalue weighted by Crippen LogP contribution is 2.34. The van der Waals surface area contributed by atoms with Gasteiger partial charge in [-0.25, -0.2) is 9.97 Å². The highest BCUT2D eigenvalue weighted by atomic mass is 35.5. The van der Waals surface area contributed by atoms with Gasteiger partial charge >= 0.3 is 0 Å². The summed E-state index contributed by atoms with van der Waals surface area (Å²) in [5.41, 5.74) is 0. The zero-order valence-corrected chi connectivity index (χ0v) is 13.0. The lowest BCUT2D eigenvalue weighted by Gasteiger charge is -2.22. The van der Waals surface area contributed by atoms with Gasteiger partial charge < -0.3 is 5.32 Å². The Bertz CT molecular complexity index is 656. The molecule has 0 radical (unpaired) electrons. The Morgan fingerprint density at radius 3 is 3.15 bits per heavy atom. The highest BCUT2D eigenvalue weighted by molar-refractivity contribution is 7.18. The summed E-state index contributed by atoms with van der Waals surface area (Å²) in [6.45, 7) is 4.55. The van der Waals surface area contributed by atoms with E-state index >= 15 is 0 Å². The molecule has 106 valence electrons. The molecule has 2 aliphatic rings. The highest BCUT2D eigenvalue weighted by Gasteiger charge is 2.37. The zero-order chi connectivity index (χ0) is 13.7. The van der Waals surface area contributed by atoms with E-state index in [4.69, 9.17) is 11.6 Å². The Morgan fingerprint density at radius 1 is 1.35 bits per heavy atom. The fraction of sp³-hybridized carbons (Fsp3) is 0.571. The zero-order valence-electron chi connectivity index (χ0n) is 11.4. The molecule has 4 rings (SSSR count). The third-order valence-corrected chi connectivity index (χ3v) is 5.53. The first kappa shape index (κ1) is 12.8. The minimum atomic E-state index is 0.336. The lowest BCUT2D eigenvalue weighted by molar-refractivity contribution is 0.318. The van der Waals surface area contributed by atoms with Crippen molar-refractivity contribution in [3.63, 3.8) is 0 Å². The van der Waals surface area contributed by atoms with E-state index in [1.165, 1.54) is 37.2 Å². The molecule has 2 aliphatic heterocycles. The molecule has 0 aromatic carbocycles. The van der Waals surface area contributed by atoms with Crippen molar-refractivity contribution in [2.24, 2.45) is 0 Å². The van der Waals surface area contributed by atoms with Crippen LogP contribution >= 0.6 is 22.9 Å². The van der Waals surface area contributed by atoms with Crippen molar-refractivity contribution in [3.8, 4) is 0 Å². The van der Waals surface area contributed by atoms with E-state index in [0.717, 1.165) is 16.0 Å². The normalized spacial score (nSPS) is 26.3. The van der Waals surface area contributed by atoms with Gasteiger partial charge in [-0.2, -0.15) is 0 Å². The molecule has 0 aliphatic carbocycles. The van der Waals surface area contributed by atoms with Gasteiger partial charge in [0.2, 0.25) is 5.28 Å². The summed E-state index contributed by atoms with van der Waals surface area (Å²) in [5.74, 6) is 0.906. The van der Waals surface area contributed by atoms with Crippen LogP contribution in [0.15, 0.2) is 6.07 Å². The Hall–Kier alpha value is -0.910. The van der Waals surface area contributed by atoms with Gasteiger partial charge in [-0.05, 0) is 50.4 Å². The summed E-state index contributed by atoms with van der Waals surface area (Å²) in [5, 5.41) is 5.08. The fourth-order valence-electron chi connectivity index (χ4n) is 3.55. The van der Waals surface area contributed by atoms with Gasteiger partial charge in [-0.15, -0.1) is 11.3 Å². The molecule has 2 aromatic heterocycles. The van der Waals surface area contributed by atoms with E-state index in [9.17, 15) is 0 Å². The van der Waals surface area contributed by atoms with E-state index in [0.29, 0.717) is 17.4 Å². The molecule has 2 atom stereocenters. The lowest BCUT2D eigenvalue weighted by atomic mass is 10.1. The van der Waals surface area contributed by atoms with Crippen LogP contribution in [0.25, 0.3) is 10.2 Å². The number of rotatable bonds is 2. The van der Waals surface area contributed by atoms with E-state index in [-0.39, 0.29) is 0 Å². The van der Waals surface area contributed by atoms with Crippen molar-refractivity contribution in [2.75, 3.05) is 18.4 Å². The fourth-order valence-corrected chi connectivity index (χ4v) is 4.65. The first-order valence-corrected chi connectivity index (χ1v) is 8.34. The first-order valence-electron chi connectivity index (χ1n) is 7.15. The Kier molecular flexibility index (Phi) is 3.09. The number of nitrogens with one attached hydrogen (secondary N) is 1. The topological polar surface area (TPSA) is 41.0 Å². The molecule has 2 unspecified atom stereocenters. The molecule has 4 nitrogen and oxygen atoms in total.